The van der Waals surface area contributed by atoms with Crippen molar-refractivity contribution in [1.82, 2.24) is 15.1 Å². The molecule has 0 saturated heterocycles. The molecule has 0 amide bonds. The second-order valence-corrected chi connectivity index (χ2v) is 4.92. The van der Waals surface area contributed by atoms with Gasteiger partial charge in [-0.05, 0) is 38.6 Å². The van der Waals surface area contributed by atoms with Crippen LogP contribution >= 0.6 is 0 Å². The van der Waals surface area contributed by atoms with Gasteiger partial charge in [0.25, 0.3) is 0 Å². The lowest BCUT2D eigenvalue weighted by Crippen LogP contribution is -2.18. The molecule has 4 heteroatoms. The van der Waals surface area contributed by atoms with Gasteiger partial charge in [0, 0.05) is 30.8 Å². The number of nitrogens with one attached hydrogen (secondary N) is 1. The molecule has 0 bridgehead atoms. The Labute approximate surface area is 120 Å². The fourth-order valence-corrected chi connectivity index (χ4v) is 2.21. The summed E-state index contributed by atoms with van der Waals surface area (Å²) in [5.74, 6) is 0.934. The topological polar surface area (TPSA) is 39.1 Å². The van der Waals surface area contributed by atoms with Crippen LogP contribution in [0.1, 0.15) is 30.5 Å². The Balaban J connectivity index is 1.87. The zero-order valence-corrected chi connectivity index (χ0v) is 12.5. The first-order chi connectivity index (χ1) is 9.72. The molecule has 0 spiro atoms. The predicted molar refractivity (Wildman–Crippen MR) is 81.0 cm³/mol. The first-order valence-corrected chi connectivity index (χ1v) is 7.12. The Kier molecular flexibility index (Phi) is 5.18. The van der Waals surface area contributed by atoms with E-state index in [2.05, 4.69) is 42.6 Å². The van der Waals surface area contributed by atoms with Gasteiger partial charge in [-0.3, -0.25) is 4.68 Å². The third-order valence-electron chi connectivity index (χ3n) is 3.39. The molecule has 1 aromatic carbocycles. The van der Waals surface area contributed by atoms with Gasteiger partial charge in [-0.25, -0.2) is 0 Å². The Morgan fingerprint density at radius 2 is 2.25 bits per heavy atom. The lowest BCUT2D eigenvalue weighted by Gasteiger charge is -2.15. The minimum Gasteiger partial charge on any atom is -0.494 e. The summed E-state index contributed by atoms with van der Waals surface area (Å²) in [5, 5.41) is 7.64. The van der Waals surface area contributed by atoms with Crippen molar-refractivity contribution in [1.29, 1.82) is 0 Å². The van der Waals surface area contributed by atoms with Crippen LogP contribution in [-0.4, -0.2) is 23.4 Å². The van der Waals surface area contributed by atoms with Crippen LogP contribution in [0.2, 0.25) is 0 Å². The summed E-state index contributed by atoms with van der Waals surface area (Å²) >= 11 is 0. The standard InChI is InChI=1S/C16H23N3O/c1-4-19-12-14(11-18-19)16(17-3)8-9-20-15-7-5-6-13(2)10-15/h5-7,10-12,16-17H,4,8-9H2,1-3H3. The second-order valence-electron chi connectivity index (χ2n) is 4.92. The number of hydrogen-bond acceptors (Lipinski definition) is 3. The Bertz CT molecular complexity index is 536. The van der Waals surface area contributed by atoms with E-state index >= 15 is 0 Å². The monoisotopic (exact) mass is 273 g/mol. The zero-order valence-electron chi connectivity index (χ0n) is 12.5. The predicted octanol–water partition coefficient (Wildman–Crippen LogP) is 2.94. The molecule has 1 unspecified atom stereocenters. The van der Waals surface area contributed by atoms with Crippen LogP contribution in [0.15, 0.2) is 36.7 Å². The van der Waals surface area contributed by atoms with Crippen LogP contribution in [0.4, 0.5) is 0 Å². The van der Waals surface area contributed by atoms with E-state index in [1.54, 1.807) is 0 Å². The third kappa shape index (κ3) is 3.84. The Morgan fingerprint density at radius 1 is 1.40 bits per heavy atom. The van der Waals surface area contributed by atoms with Gasteiger partial charge in [-0.15, -0.1) is 0 Å². The van der Waals surface area contributed by atoms with Gasteiger partial charge < -0.3 is 10.1 Å². The van der Waals surface area contributed by atoms with Gasteiger partial charge in [-0.1, -0.05) is 12.1 Å². The summed E-state index contributed by atoms with van der Waals surface area (Å²) < 4.78 is 7.75. The number of aromatic nitrogens is 2. The first kappa shape index (κ1) is 14.6. The van der Waals surface area contributed by atoms with E-state index in [-0.39, 0.29) is 6.04 Å². The molecule has 2 rings (SSSR count). The lowest BCUT2D eigenvalue weighted by atomic mass is 10.1. The molecule has 1 N–H and O–H groups in total. The summed E-state index contributed by atoms with van der Waals surface area (Å²) in [6.07, 6.45) is 4.94. The molecule has 0 aliphatic carbocycles. The summed E-state index contributed by atoms with van der Waals surface area (Å²) in [6.45, 7) is 5.75. The molecule has 1 aromatic heterocycles. The molecule has 108 valence electrons. The Hall–Kier alpha value is -1.81. The number of rotatable bonds is 7. The van der Waals surface area contributed by atoms with Crippen molar-refractivity contribution in [2.45, 2.75) is 32.9 Å². The number of nitrogens with zero attached hydrogens (tertiary/aromatic N) is 2. The van der Waals surface area contributed by atoms with Crippen LogP contribution in [0.3, 0.4) is 0 Å². The lowest BCUT2D eigenvalue weighted by molar-refractivity contribution is 0.290. The van der Waals surface area contributed by atoms with Crippen molar-refractivity contribution in [3.05, 3.63) is 47.8 Å². The molecule has 0 fully saturated rings. The third-order valence-corrected chi connectivity index (χ3v) is 3.39. The van der Waals surface area contributed by atoms with E-state index in [0.29, 0.717) is 6.61 Å². The van der Waals surface area contributed by atoms with Crippen LogP contribution in [-0.2, 0) is 6.54 Å². The second kappa shape index (κ2) is 7.10. The SMILES string of the molecule is CCn1cc(C(CCOc2cccc(C)c2)NC)cn1. The van der Waals surface area contributed by atoms with Gasteiger partial charge in [-0.2, -0.15) is 5.10 Å². The maximum atomic E-state index is 5.81. The maximum absolute atomic E-state index is 5.81. The highest BCUT2D eigenvalue weighted by Gasteiger charge is 2.11. The zero-order chi connectivity index (χ0) is 14.4. The molecule has 1 atom stereocenters. The van der Waals surface area contributed by atoms with Crippen molar-refractivity contribution < 1.29 is 4.74 Å². The van der Waals surface area contributed by atoms with E-state index in [9.17, 15) is 0 Å². The van der Waals surface area contributed by atoms with E-state index in [4.69, 9.17) is 4.74 Å². The van der Waals surface area contributed by atoms with Gasteiger partial charge in [0.15, 0.2) is 0 Å². The smallest absolute Gasteiger partial charge is 0.119 e. The van der Waals surface area contributed by atoms with Gasteiger partial charge >= 0.3 is 0 Å². The molecule has 0 radical (unpaired) electrons. The number of benzene rings is 1. The van der Waals surface area contributed by atoms with Crippen molar-refractivity contribution in [3.8, 4) is 5.75 Å². The number of aryl methyl sites for hydroxylation is 2. The average molecular weight is 273 g/mol. The van der Waals surface area contributed by atoms with Gasteiger partial charge in [0.2, 0.25) is 0 Å². The van der Waals surface area contributed by atoms with Crippen molar-refractivity contribution in [2.75, 3.05) is 13.7 Å². The molecule has 0 aliphatic heterocycles. The average Bonchev–Trinajstić information content (AvgIpc) is 2.92. The van der Waals surface area contributed by atoms with Crippen LogP contribution in [0.5, 0.6) is 5.75 Å². The summed E-state index contributed by atoms with van der Waals surface area (Å²) in [7, 11) is 1.97. The number of hydrogen-bond donors (Lipinski definition) is 1. The molecule has 0 saturated carbocycles. The molecule has 4 nitrogen and oxygen atoms in total. The largest absolute Gasteiger partial charge is 0.494 e. The summed E-state index contributed by atoms with van der Waals surface area (Å²) in [6, 6.07) is 8.42. The van der Waals surface area contributed by atoms with Crippen molar-refractivity contribution in [2.24, 2.45) is 0 Å². The molecule has 20 heavy (non-hydrogen) atoms. The number of ether oxygens (including phenoxy) is 1. The maximum Gasteiger partial charge on any atom is 0.119 e. The molecule has 2 aromatic rings. The summed E-state index contributed by atoms with van der Waals surface area (Å²) in [4.78, 5) is 0. The molecular formula is C16H23N3O. The quantitative estimate of drug-likeness (QED) is 0.843. The first-order valence-electron chi connectivity index (χ1n) is 7.12. The van der Waals surface area contributed by atoms with Crippen LogP contribution in [0, 0.1) is 6.92 Å². The molecule has 0 aliphatic rings. The van der Waals surface area contributed by atoms with Crippen LogP contribution in [0.25, 0.3) is 0 Å². The van der Waals surface area contributed by atoms with Crippen LogP contribution < -0.4 is 10.1 Å². The Morgan fingerprint density at radius 3 is 2.90 bits per heavy atom. The van der Waals surface area contributed by atoms with Crippen molar-refractivity contribution >= 4 is 0 Å². The summed E-state index contributed by atoms with van der Waals surface area (Å²) in [5.41, 5.74) is 2.43. The molecular weight excluding hydrogens is 250 g/mol. The minimum absolute atomic E-state index is 0.278. The fourth-order valence-electron chi connectivity index (χ4n) is 2.21. The highest BCUT2D eigenvalue weighted by Crippen LogP contribution is 2.18. The van der Waals surface area contributed by atoms with E-state index < -0.39 is 0 Å². The van der Waals surface area contributed by atoms with Crippen molar-refractivity contribution in [3.63, 3.8) is 0 Å². The minimum atomic E-state index is 0.278. The highest BCUT2D eigenvalue weighted by atomic mass is 16.5. The van der Waals surface area contributed by atoms with Gasteiger partial charge in [0.05, 0.1) is 12.8 Å². The van der Waals surface area contributed by atoms with E-state index in [1.807, 2.05) is 30.1 Å². The van der Waals surface area contributed by atoms with E-state index in [1.165, 1.54) is 11.1 Å². The normalized spacial score (nSPS) is 12.3. The highest BCUT2D eigenvalue weighted by molar-refractivity contribution is 5.27. The van der Waals surface area contributed by atoms with Gasteiger partial charge in [0.1, 0.15) is 5.75 Å². The fraction of sp³-hybridized carbons (Fsp3) is 0.438. The molecule has 1 heterocycles. The van der Waals surface area contributed by atoms with E-state index in [0.717, 1.165) is 18.7 Å².